The zero-order chi connectivity index (χ0) is 14.1. The second kappa shape index (κ2) is 5.43. The summed E-state index contributed by atoms with van der Waals surface area (Å²) >= 11 is 0. The van der Waals surface area contributed by atoms with E-state index in [9.17, 15) is 9.59 Å². The summed E-state index contributed by atoms with van der Waals surface area (Å²) in [4.78, 5) is 26.6. The lowest BCUT2D eigenvalue weighted by Crippen LogP contribution is -2.48. The Bertz CT molecular complexity index is 520. The van der Waals surface area contributed by atoms with E-state index in [1.165, 1.54) is 6.26 Å². The SMILES string of the molecule is Cc1cc(C(=O)N2CCCCC2C2CCCC2=O)co1. The molecule has 2 heterocycles. The summed E-state index contributed by atoms with van der Waals surface area (Å²) in [5.41, 5.74) is 0.611. The average Bonchev–Trinajstić information content (AvgIpc) is 3.07. The van der Waals surface area contributed by atoms with Crippen LogP contribution in [0.2, 0.25) is 0 Å². The predicted molar refractivity (Wildman–Crippen MR) is 74.5 cm³/mol. The molecule has 1 saturated heterocycles. The maximum atomic E-state index is 12.6. The minimum absolute atomic E-state index is 0.0197. The summed E-state index contributed by atoms with van der Waals surface area (Å²) in [6.07, 6.45) is 7.24. The Balaban J connectivity index is 1.81. The molecular formula is C16H21NO3. The molecule has 0 aromatic carbocycles. The van der Waals surface area contributed by atoms with Crippen LogP contribution in [0.1, 0.15) is 54.6 Å². The first-order chi connectivity index (χ1) is 9.66. The van der Waals surface area contributed by atoms with Crippen LogP contribution in [0.15, 0.2) is 16.7 Å². The molecule has 1 aliphatic heterocycles. The van der Waals surface area contributed by atoms with E-state index in [1.807, 2.05) is 11.8 Å². The largest absolute Gasteiger partial charge is 0.469 e. The zero-order valence-electron chi connectivity index (χ0n) is 11.9. The molecule has 1 saturated carbocycles. The number of hydrogen-bond donors (Lipinski definition) is 0. The van der Waals surface area contributed by atoms with Crippen LogP contribution >= 0.6 is 0 Å². The second-order valence-corrected chi connectivity index (χ2v) is 5.97. The van der Waals surface area contributed by atoms with Crippen molar-refractivity contribution >= 4 is 11.7 Å². The van der Waals surface area contributed by atoms with Gasteiger partial charge in [0.05, 0.1) is 5.56 Å². The third-order valence-corrected chi connectivity index (χ3v) is 4.60. The first kappa shape index (κ1) is 13.4. The van der Waals surface area contributed by atoms with Gasteiger partial charge in [-0.2, -0.15) is 0 Å². The standard InChI is InChI=1S/C16H21NO3/c1-11-9-12(10-20-11)16(19)17-8-3-2-6-14(17)13-5-4-7-15(13)18/h9-10,13-14H,2-8H2,1H3. The second-order valence-electron chi connectivity index (χ2n) is 5.97. The van der Waals surface area contributed by atoms with Crippen molar-refractivity contribution in [2.75, 3.05) is 6.54 Å². The Morgan fingerprint density at radius 2 is 2.15 bits per heavy atom. The summed E-state index contributed by atoms with van der Waals surface area (Å²) in [6.45, 7) is 2.60. The number of Topliss-reactive ketones (excluding diaryl/α,β-unsaturated/α-hetero) is 1. The molecule has 1 aliphatic carbocycles. The van der Waals surface area contributed by atoms with Gasteiger partial charge in [0.2, 0.25) is 0 Å². The van der Waals surface area contributed by atoms with Gasteiger partial charge in [-0.25, -0.2) is 0 Å². The molecule has 20 heavy (non-hydrogen) atoms. The van der Waals surface area contributed by atoms with Gasteiger partial charge in [0.25, 0.3) is 5.91 Å². The summed E-state index contributed by atoms with van der Waals surface area (Å²) in [5, 5.41) is 0. The Labute approximate surface area is 119 Å². The number of carbonyl (C=O) groups excluding carboxylic acids is 2. The highest BCUT2D eigenvalue weighted by Crippen LogP contribution is 2.33. The van der Waals surface area contributed by atoms with E-state index in [0.29, 0.717) is 17.8 Å². The molecule has 2 fully saturated rings. The topological polar surface area (TPSA) is 50.5 Å². The van der Waals surface area contributed by atoms with Gasteiger partial charge >= 0.3 is 0 Å². The highest BCUT2D eigenvalue weighted by Gasteiger charge is 2.39. The van der Waals surface area contributed by atoms with Crippen LogP contribution in [0.5, 0.6) is 0 Å². The summed E-state index contributed by atoms with van der Waals surface area (Å²) in [7, 11) is 0. The summed E-state index contributed by atoms with van der Waals surface area (Å²) in [5.74, 6) is 1.18. The number of ketones is 1. The third-order valence-electron chi connectivity index (χ3n) is 4.60. The van der Waals surface area contributed by atoms with E-state index in [-0.39, 0.29) is 17.9 Å². The van der Waals surface area contributed by atoms with Gasteiger partial charge in [0, 0.05) is 24.9 Å². The van der Waals surface area contributed by atoms with Crippen molar-refractivity contribution in [3.63, 3.8) is 0 Å². The number of aryl methyl sites for hydroxylation is 1. The fourth-order valence-corrected chi connectivity index (χ4v) is 3.60. The van der Waals surface area contributed by atoms with Crippen molar-refractivity contribution in [3.8, 4) is 0 Å². The van der Waals surface area contributed by atoms with Crippen molar-refractivity contribution in [2.45, 2.75) is 51.5 Å². The van der Waals surface area contributed by atoms with Gasteiger partial charge in [-0.1, -0.05) is 0 Å². The highest BCUT2D eigenvalue weighted by atomic mass is 16.3. The van der Waals surface area contributed by atoms with Gasteiger partial charge < -0.3 is 9.32 Å². The maximum absolute atomic E-state index is 12.6. The number of amides is 1. The molecule has 0 N–H and O–H groups in total. The Morgan fingerprint density at radius 3 is 2.80 bits per heavy atom. The maximum Gasteiger partial charge on any atom is 0.257 e. The van der Waals surface area contributed by atoms with Crippen LogP contribution < -0.4 is 0 Å². The lowest BCUT2D eigenvalue weighted by Gasteiger charge is -2.38. The molecule has 2 unspecified atom stereocenters. The Kier molecular flexibility index (Phi) is 3.64. The van der Waals surface area contributed by atoms with Gasteiger partial charge in [0.1, 0.15) is 17.8 Å². The zero-order valence-corrected chi connectivity index (χ0v) is 11.9. The molecule has 1 amide bonds. The molecule has 2 aliphatic rings. The summed E-state index contributed by atoms with van der Waals surface area (Å²) in [6, 6.07) is 1.88. The molecule has 3 rings (SSSR count). The molecular weight excluding hydrogens is 254 g/mol. The van der Waals surface area contributed by atoms with Crippen LogP contribution in [-0.4, -0.2) is 29.2 Å². The monoisotopic (exact) mass is 275 g/mol. The number of furan rings is 1. The molecule has 0 radical (unpaired) electrons. The number of piperidine rings is 1. The smallest absolute Gasteiger partial charge is 0.257 e. The lowest BCUT2D eigenvalue weighted by molar-refractivity contribution is -0.122. The van der Waals surface area contributed by atoms with Crippen LogP contribution in [0.3, 0.4) is 0 Å². The van der Waals surface area contributed by atoms with E-state index in [4.69, 9.17) is 4.42 Å². The fraction of sp³-hybridized carbons (Fsp3) is 0.625. The molecule has 0 bridgehead atoms. The highest BCUT2D eigenvalue weighted by molar-refractivity contribution is 5.95. The minimum Gasteiger partial charge on any atom is -0.469 e. The third kappa shape index (κ3) is 2.39. The van der Waals surface area contributed by atoms with Crippen LogP contribution in [0, 0.1) is 12.8 Å². The van der Waals surface area contributed by atoms with Crippen LogP contribution in [-0.2, 0) is 4.79 Å². The quantitative estimate of drug-likeness (QED) is 0.833. The van der Waals surface area contributed by atoms with E-state index < -0.39 is 0 Å². The van der Waals surface area contributed by atoms with Crippen molar-refractivity contribution < 1.29 is 14.0 Å². The normalized spacial score (nSPS) is 27.1. The van der Waals surface area contributed by atoms with E-state index in [1.54, 1.807) is 6.07 Å². The molecule has 1 aromatic heterocycles. The first-order valence-corrected chi connectivity index (χ1v) is 7.55. The van der Waals surface area contributed by atoms with Crippen molar-refractivity contribution in [2.24, 2.45) is 5.92 Å². The Hall–Kier alpha value is -1.58. The van der Waals surface area contributed by atoms with Crippen molar-refractivity contribution in [3.05, 3.63) is 23.7 Å². The van der Waals surface area contributed by atoms with Crippen molar-refractivity contribution in [1.82, 2.24) is 4.90 Å². The lowest BCUT2D eigenvalue weighted by atomic mass is 9.88. The van der Waals surface area contributed by atoms with Crippen molar-refractivity contribution in [1.29, 1.82) is 0 Å². The van der Waals surface area contributed by atoms with Crippen LogP contribution in [0.4, 0.5) is 0 Å². The number of likely N-dealkylation sites (tertiary alicyclic amines) is 1. The number of nitrogens with zero attached hydrogens (tertiary/aromatic N) is 1. The number of hydrogen-bond acceptors (Lipinski definition) is 3. The minimum atomic E-state index is 0.0197. The van der Waals surface area contributed by atoms with Gasteiger partial charge in [-0.15, -0.1) is 0 Å². The molecule has 108 valence electrons. The summed E-state index contributed by atoms with van der Waals surface area (Å²) < 4.78 is 5.24. The first-order valence-electron chi connectivity index (χ1n) is 7.55. The number of carbonyl (C=O) groups is 2. The van der Waals surface area contributed by atoms with Crippen LogP contribution in [0.25, 0.3) is 0 Å². The fourth-order valence-electron chi connectivity index (χ4n) is 3.60. The van der Waals surface area contributed by atoms with E-state index in [0.717, 1.165) is 44.4 Å². The van der Waals surface area contributed by atoms with Gasteiger partial charge in [-0.3, -0.25) is 9.59 Å². The van der Waals surface area contributed by atoms with E-state index in [2.05, 4.69) is 0 Å². The molecule has 0 spiro atoms. The molecule has 2 atom stereocenters. The van der Waals surface area contributed by atoms with Gasteiger partial charge in [0.15, 0.2) is 0 Å². The molecule has 4 heteroatoms. The molecule has 4 nitrogen and oxygen atoms in total. The predicted octanol–water partition coefficient (Wildman–Crippen LogP) is 2.95. The molecule has 1 aromatic rings. The van der Waals surface area contributed by atoms with Gasteiger partial charge in [-0.05, 0) is 45.1 Å². The average molecular weight is 275 g/mol. The van der Waals surface area contributed by atoms with E-state index >= 15 is 0 Å². The number of rotatable bonds is 2. The Morgan fingerprint density at radius 1 is 1.30 bits per heavy atom.